The number of pyridine rings is 1. The number of aromatic nitrogens is 1. The molecule has 2 heteroatoms. The van der Waals surface area contributed by atoms with E-state index in [1.165, 1.54) is 5.56 Å². The lowest BCUT2D eigenvalue weighted by atomic mass is 9.96. The molecule has 1 aromatic carbocycles. The van der Waals surface area contributed by atoms with Crippen molar-refractivity contribution >= 4 is 10.9 Å². The second-order valence-electron chi connectivity index (χ2n) is 4.38. The van der Waals surface area contributed by atoms with E-state index in [4.69, 9.17) is 5.26 Å². The van der Waals surface area contributed by atoms with Gasteiger partial charge < -0.3 is 0 Å². The maximum Gasteiger partial charge on any atom is 0.101 e. The highest BCUT2D eigenvalue weighted by atomic mass is 14.7. The molecule has 2 rings (SSSR count). The molecule has 2 nitrogen and oxygen atoms in total. The summed E-state index contributed by atoms with van der Waals surface area (Å²) >= 11 is 0. The van der Waals surface area contributed by atoms with Crippen LogP contribution in [0, 0.1) is 18.3 Å². The summed E-state index contributed by atoms with van der Waals surface area (Å²) in [5, 5.41) is 10.2. The zero-order chi connectivity index (χ0) is 11.7. The molecule has 0 spiro atoms. The van der Waals surface area contributed by atoms with Crippen molar-refractivity contribution in [3.63, 3.8) is 0 Å². The van der Waals surface area contributed by atoms with Gasteiger partial charge in [0.05, 0.1) is 11.1 Å². The molecule has 0 bridgehead atoms. The Morgan fingerprint density at radius 3 is 2.69 bits per heavy atom. The van der Waals surface area contributed by atoms with Crippen LogP contribution in [0.5, 0.6) is 0 Å². The molecule has 0 unspecified atom stereocenters. The van der Waals surface area contributed by atoms with Crippen molar-refractivity contribution in [1.29, 1.82) is 5.26 Å². The monoisotopic (exact) mass is 210 g/mol. The molecule has 0 aliphatic rings. The van der Waals surface area contributed by atoms with Gasteiger partial charge >= 0.3 is 0 Å². The van der Waals surface area contributed by atoms with Crippen molar-refractivity contribution in [1.82, 2.24) is 4.98 Å². The van der Waals surface area contributed by atoms with Gasteiger partial charge in [-0.15, -0.1) is 0 Å². The largest absolute Gasteiger partial charge is 0.255 e. The minimum absolute atomic E-state index is 0.443. The molecule has 2 aromatic rings. The number of nitriles is 1. The molecule has 0 saturated heterocycles. The van der Waals surface area contributed by atoms with Gasteiger partial charge in [-0.25, -0.2) is 0 Å². The summed E-state index contributed by atoms with van der Waals surface area (Å²) in [6, 6.07) is 8.25. The molecule has 0 amide bonds. The number of hydrogen-bond acceptors (Lipinski definition) is 2. The molecule has 0 aliphatic heterocycles. The minimum atomic E-state index is 0.443. The highest BCUT2D eigenvalue weighted by Gasteiger charge is 2.09. The van der Waals surface area contributed by atoms with Gasteiger partial charge in [0, 0.05) is 11.6 Å². The first kappa shape index (κ1) is 10.6. The standard InChI is InChI=1S/C14H14N2/c1-9(2)12-4-5-16-14-11(8-15)6-10(3)7-13(12)14/h4-7,9H,1-3H3. The molecule has 80 valence electrons. The van der Waals surface area contributed by atoms with Gasteiger partial charge in [-0.1, -0.05) is 13.8 Å². The van der Waals surface area contributed by atoms with E-state index in [-0.39, 0.29) is 0 Å². The highest BCUT2D eigenvalue weighted by Crippen LogP contribution is 2.26. The topological polar surface area (TPSA) is 36.7 Å². The normalized spacial score (nSPS) is 10.7. The lowest BCUT2D eigenvalue weighted by Crippen LogP contribution is -1.94. The van der Waals surface area contributed by atoms with E-state index in [2.05, 4.69) is 31.0 Å². The summed E-state index contributed by atoms with van der Waals surface area (Å²) in [7, 11) is 0. The van der Waals surface area contributed by atoms with Gasteiger partial charge in [-0.2, -0.15) is 5.26 Å². The molecule has 0 radical (unpaired) electrons. The van der Waals surface area contributed by atoms with Crippen LogP contribution in [0.25, 0.3) is 10.9 Å². The van der Waals surface area contributed by atoms with Crippen molar-refractivity contribution in [2.24, 2.45) is 0 Å². The van der Waals surface area contributed by atoms with Crippen LogP contribution >= 0.6 is 0 Å². The van der Waals surface area contributed by atoms with E-state index in [0.717, 1.165) is 16.5 Å². The predicted molar refractivity (Wildman–Crippen MR) is 65.3 cm³/mol. The Kier molecular flexibility index (Phi) is 2.62. The molecule has 16 heavy (non-hydrogen) atoms. The molecular weight excluding hydrogens is 196 g/mol. The maximum atomic E-state index is 9.10. The van der Waals surface area contributed by atoms with Gasteiger partial charge in [0.15, 0.2) is 0 Å². The maximum absolute atomic E-state index is 9.10. The van der Waals surface area contributed by atoms with E-state index in [1.807, 2.05) is 19.1 Å². The number of fused-ring (bicyclic) bond motifs is 1. The van der Waals surface area contributed by atoms with E-state index < -0.39 is 0 Å². The Balaban J connectivity index is 2.89. The molecule has 0 N–H and O–H groups in total. The fourth-order valence-electron chi connectivity index (χ4n) is 2.01. The Morgan fingerprint density at radius 1 is 1.31 bits per heavy atom. The summed E-state index contributed by atoms with van der Waals surface area (Å²) in [6.07, 6.45) is 1.79. The van der Waals surface area contributed by atoms with E-state index in [0.29, 0.717) is 11.5 Å². The zero-order valence-corrected chi connectivity index (χ0v) is 9.78. The van der Waals surface area contributed by atoms with Crippen LogP contribution in [0.1, 0.15) is 36.5 Å². The number of benzene rings is 1. The summed E-state index contributed by atoms with van der Waals surface area (Å²) in [5.74, 6) is 0.443. The Labute approximate surface area is 95.6 Å². The van der Waals surface area contributed by atoms with Crippen molar-refractivity contribution in [3.8, 4) is 6.07 Å². The van der Waals surface area contributed by atoms with Crippen molar-refractivity contribution < 1.29 is 0 Å². The van der Waals surface area contributed by atoms with Crippen LogP contribution < -0.4 is 0 Å². The van der Waals surface area contributed by atoms with Crippen LogP contribution in [0.4, 0.5) is 0 Å². The molecule has 0 fully saturated rings. The fourth-order valence-corrected chi connectivity index (χ4v) is 2.01. The number of hydrogen-bond donors (Lipinski definition) is 0. The molecular formula is C14H14N2. The fraction of sp³-hybridized carbons (Fsp3) is 0.286. The number of rotatable bonds is 1. The third-order valence-electron chi connectivity index (χ3n) is 2.77. The van der Waals surface area contributed by atoms with Crippen molar-refractivity contribution in [2.45, 2.75) is 26.7 Å². The molecule has 1 heterocycles. The third-order valence-corrected chi connectivity index (χ3v) is 2.77. The highest BCUT2D eigenvalue weighted by molar-refractivity contribution is 5.88. The summed E-state index contributed by atoms with van der Waals surface area (Å²) < 4.78 is 0. The van der Waals surface area contributed by atoms with Gasteiger partial charge in [-0.05, 0) is 42.2 Å². The molecule has 0 aliphatic carbocycles. The van der Waals surface area contributed by atoms with E-state index in [1.54, 1.807) is 6.20 Å². The minimum Gasteiger partial charge on any atom is -0.255 e. The SMILES string of the molecule is Cc1cc(C#N)c2nccc(C(C)C)c2c1. The lowest BCUT2D eigenvalue weighted by Gasteiger charge is -2.10. The predicted octanol–water partition coefficient (Wildman–Crippen LogP) is 3.54. The van der Waals surface area contributed by atoms with E-state index >= 15 is 0 Å². The Hall–Kier alpha value is -1.88. The Morgan fingerprint density at radius 2 is 2.06 bits per heavy atom. The van der Waals surface area contributed by atoms with Gasteiger partial charge in [0.25, 0.3) is 0 Å². The molecule has 0 saturated carbocycles. The van der Waals surface area contributed by atoms with E-state index in [9.17, 15) is 0 Å². The first-order valence-electron chi connectivity index (χ1n) is 5.43. The van der Waals surface area contributed by atoms with Crippen LogP contribution in [0.3, 0.4) is 0 Å². The second kappa shape index (κ2) is 3.94. The van der Waals surface area contributed by atoms with Crippen LogP contribution in [0.2, 0.25) is 0 Å². The second-order valence-corrected chi connectivity index (χ2v) is 4.38. The summed E-state index contributed by atoms with van der Waals surface area (Å²) in [6.45, 7) is 6.32. The average Bonchev–Trinajstić information content (AvgIpc) is 2.26. The van der Waals surface area contributed by atoms with Gasteiger partial charge in [0.1, 0.15) is 6.07 Å². The van der Waals surface area contributed by atoms with Crippen molar-refractivity contribution in [3.05, 3.63) is 41.1 Å². The first-order chi connectivity index (χ1) is 7.63. The average molecular weight is 210 g/mol. The summed E-state index contributed by atoms with van der Waals surface area (Å²) in [4.78, 5) is 4.31. The first-order valence-corrected chi connectivity index (χ1v) is 5.43. The van der Waals surface area contributed by atoms with Crippen LogP contribution in [-0.4, -0.2) is 4.98 Å². The zero-order valence-electron chi connectivity index (χ0n) is 9.78. The molecule has 0 atom stereocenters. The van der Waals surface area contributed by atoms with Gasteiger partial charge in [-0.3, -0.25) is 4.98 Å². The van der Waals surface area contributed by atoms with Crippen LogP contribution in [0.15, 0.2) is 24.4 Å². The van der Waals surface area contributed by atoms with Gasteiger partial charge in [0.2, 0.25) is 0 Å². The Bertz CT molecular complexity index is 577. The summed E-state index contributed by atoms with van der Waals surface area (Å²) in [5.41, 5.74) is 3.85. The smallest absolute Gasteiger partial charge is 0.101 e. The number of aryl methyl sites for hydroxylation is 1. The van der Waals surface area contributed by atoms with Crippen LogP contribution in [-0.2, 0) is 0 Å². The number of nitrogens with zero attached hydrogens (tertiary/aromatic N) is 2. The van der Waals surface area contributed by atoms with Crippen molar-refractivity contribution in [2.75, 3.05) is 0 Å². The lowest BCUT2D eigenvalue weighted by molar-refractivity contribution is 0.874. The quantitative estimate of drug-likeness (QED) is 0.721. The third kappa shape index (κ3) is 1.65. The molecule has 1 aromatic heterocycles.